The number of nitrogens with two attached hydrogens (primary N) is 1. The van der Waals surface area contributed by atoms with Crippen molar-refractivity contribution in [2.24, 2.45) is 5.73 Å². The molecule has 0 aromatic rings. The van der Waals surface area contributed by atoms with Crippen molar-refractivity contribution in [2.45, 2.75) is 13.3 Å². The Morgan fingerprint density at radius 3 is 3.00 bits per heavy atom. The molecule has 0 radical (unpaired) electrons. The highest BCUT2D eigenvalue weighted by Crippen LogP contribution is 1.97. The normalized spacial score (nSPS) is 11.3. The first-order valence-corrected chi connectivity index (χ1v) is 6.73. The Bertz CT molecular complexity index is 50.2. The molecular formula is C5H15NOSSi. The second kappa shape index (κ2) is 8.49. The molecule has 0 aliphatic heterocycles. The lowest BCUT2D eigenvalue weighted by molar-refractivity contribution is 0.372. The van der Waals surface area contributed by atoms with Crippen LogP contribution in [-0.4, -0.2) is 27.8 Å². The Kier molecular flexibility index (Phi) is 8.95. The van der Waals surface area contributed by atoms with Crippen LogP contribution in [0, 0.1) is 0 Å². The fraction of sp³-hybridized carbons (Fsp3) is 1.00. The van der Waals surface area contributed by atoms with Crippen LogP contribution >= 0.6 is 11.2 Å². The second-order valence-corrected chi connectivity index (χ2v) is 5.05. The molecule has 0 unspecified atom stereocenters. The molecule has 0 saturated heterocycles. The monoisotopic (exact) mass is 165 g/mol. The van der Waals surface area contributed by atoms with Gasteiger partial charge in [-0.2, -0.15) is 11.2 Å². The molecule has 2 nitrogen and oxygen atoms in total. The minimum Gasteiger partial charge on any atom is -0.413 e. The molecule has 0 fully saturated rings. The van der Waals surface area contributed by atoms with Crippen molar-refractivity contribution >= 4 is 20.1 Å². The van der Waals surface area contributed by atoms with E-state index in [2.05, 4.69) is 0 Å². The van der Waals surface area contributed by atoms with Crippen LogP contribution in [-0.2, 0) is 4.43 Å². The lowest BCUT2D eigenvalue weighted by Gasteiger charge is -1.97. The van der Waals surface area contributed by atoms with E-state index in [1.54, 1.807) is 0 Å². The topological polar surface area (TPSA) is 35.2 Å². The minimum atomic E-state index is -0.248. The van der Waals surface area contributed by atoms with E-state index < -0.39 is 0 Å². The number of hydrogen-bond acceptors (Lipinski definition) is 3. The van der Waals surface area contributed by atoms with Gasteiger partial charge < -0.3 is 10.2 Å². The highest BCUT2D eigenvalue weighted by atomic mass is 32.4. The summed E-state index contributed by atoms with van der Waals surface area (Å²) in [5, 5.41) is 0. The summed E-state index contributed by atoms with van der Waals surface area (Å²) in [6.45, 7) is 3.73. The lowest BCUT2D eigenvalue weighted by Crippen LogP contribution is -2.01. The quantitative estimate of drug-likeness (QED) is 0.448. The molecule has 0 aromatic carbocycles. The summed E-state index contributed by atoms with van der Waals surface area (Å²) in [4.78, 5) is 0. The van der Waals surface area contributed by atoms with Crippen LogP contribution in [0.5, 0.6) is 0 Å². The summed E-state index contributed by atoms with van der Waals surface area (Å²) < 4.78 is 5.24. The largest absolute Gasteiger partial charge is 0.413 e. The van der Waals surface area contributed by atoms with Crippen molar-refractivity contribution in [1.82, 2.24) is 0 Å². The fourth-order valence-electron chi connectivity index (χ4n) is 0.387. The predicted octanol–water partition coefficient (Wildman–Crippen LogP) is 0.104. The molecule has 0 rings (SSSR count). The second-order valence-electron chi connectivity index (χ2n) is 1.66. The van der Waals surface area contributed by atoms with Crippen molar-refractivity contribution in [3.05, 3.63) is 0 Å². The Hall–Kier alpha value is 0.487. The first-order chi connectivity index (χ1) is 4.41. The van der Waals surface area contributed by atoms with Gasteiger partial charge in [-0.25, -0.2) is 0 Å². The van der Waals surface area contributed by atoms with Gasteiger partial charge in [0.1, 0.15) is 0 Å². The van der Waals surface area contributed by atoms with E-state index in [4.69, 9.17) is 10.2 Å². The van der Waals surface area contributed by atoms with Crippen LogP contribution in [0.1, 0.15) is 13.3 Å². The van der Waals surface area contributed by atoms with Crippen LogP contribution in [0.4, 0.5) is 0 Å². The summed E-state index contributed by atoms with van der Waals surface area (Å²) in [5.74, 6) is 1.18. The van der Waals surface area contributed by atoms with Gasteiger partial charge in [0.05, 0.1) is 0 Å². The summed E-state index contributed by atoms with van der Waals surface area (Å²) in [6.07, 6.45) is 1.13. The maximum absolute atomic E-state index is 5.30. The smallest absolute Gasteiger partial charge is 0.222 e. The summed E-state index contributed by atoms with van der Waals surface area (Å²) in [6, 6.07) is 0. The van der Waals surface area contributed by atoms with E-state index in [0.29, 0.717) is 0 Å². The maximum atomic E-state index is 5.30. The van der Waals surface area contributed by atoms with E-state index in [1.807, 2.05) is 18.1 Å². The van der Waals surface area contributed by atoms with Crippen LogP contribution < -0.4 is 5.73 Å². The van der Waals surface area contributed by atoms with Crippen molar-refractivity contribution < 1.29 is 4.43 Å². The molecule has 9 heavy (non-hydrogen) atoms. The Balaban J connectivity index is 2.60. The third kappa shape index (κ3) is 8.49. The van der Waals surface area contributed by atoms with Crippen molar-refractivity contribution in [1.29, 1.82) is 0 Å². The maximum Gasteiger partial charge on any atom is 0.222 e. The van der Waals surface area contributed by atoms with Crippen LogP contribution in [0.15, 0.2) is 0 Å². The van der Waals surface area contributed by atoms with Crippen molar-refractivity contribution in [3.8, 4) is 0 Å². The molecule has 0 spiro atoms. The molecule has 0 bridgehead atoms. The zero-order valence-corrected chi connectivity index (χ0v) is 8.16. The third-order valence-electron chi connectivity index (χ3n) is 0.864. The summed E-state index contributed by atoms with van der Waals surface area (Å²) >= 11 is 1.94. The van der Waals surface area contributed by atoms with Crippen molar-refractivity contribution in [2.75, 3.05) is 18.9 Å². The molecule has 0 amide bonds. The van der Waals surface area contributed by atoms with Gasteiger partial charge in [-0.3, -0.25) is 0 Å². The van der Waals surface area contributed by atoms with Crippen molar-refractivity contribution in [3.63, 3.8) is 0 Å². The van der Waals surface area contributed by atoms with Crippen LogP contribution in [0.25, 0.3) is 0 Å². The zero-order chi connectivity index (χ0) is 6.95. The van der Waals surface area contributed by atoms with Crippen LogP contribution in [0.2, 0.25) is 0 Å². The molecule has 2 N–H and O–H groups in total. The highest BCUT2D eigenvalue weighted by Gasteiger charge is 1.86. The van der Waals surface area contributed by atoms with Gasteiger partial charge in [0, 0.05) is 6.61 Å². The molecule has 0 aliphatic rings. The SMILES string of the molecule is CCO[SiH2]SCCCN. The van der Waals surface area contributed by atoms with E-state index in [0.717, 1.165) is 19.6 Å². The third-order valence-corrected chi connectivity index (χ3v) is 4.05. The van der Waals surface area contributed by atoms with E-state index >= 15 is 0 Å². The number of hydrogen-bond donors (Lipinski definition) is 1. The first kappa shape index (κ1) is 9.49. The van der Waals surface area contributed by atoms with Gasteiger partial charge in [-0.15, -0.1) is 0 Å². The summed E-state index contributed by atoms with van der Waals surface area (Å²) in [5.41, 5.74) is 5.30. The minimum absolute atomic E-state index is 0.248. The Morgan fingerprint density at radius 2 is 2.44 bits per heavy atom. The standard InChI is InChI=1S/C5H15NOSSi/c1-2-7-9-8-5-3-4-6/h2-6,9H2,1H3. The van der Waals surface area contributed by atoms with Gasteiger partial charge in [0.25, 0.3) is 0 Å². The molecule has 0 aliphatic carbocycles. The van der Waals surface area contributed by atoms with E-state index in [9.17, 15) is 0 Å². The lowest BCUT2D eigenvalue weighted by atomic mass is 10.5. The zero-order valence-electron chi connectivity index (χ0n) is 5.93. The molecule has 0 heterocycles. The summed E-state index contributed by atoms with van der Waals surface area (Å²) in [7, 11) is -0.248. The predicted molar refractivity (Wildman–Crippen MR) is 46.3 cm³/mol. The van der Waals surface area contributed by atoms with Gasteiger partial charge in [0.15, 0.2) is 0 Å². The Morgan fingerprint density at radius 1 is 1.67 bits per heavy atom. The average molecular weight is 165 g/mol. The van der Waals surface area contributed by atoms with Gasteiger partial charge in [-0.1, -0.05) is 0 Å². The number of rotatable bonds is 6. The van der Waals surface area contributed by atoms with Gasteiger partial charge in [0.2, 0.25) is 8.91 Å². The highest BCUT2D eigenvalue weighted by molar-refractivity contribution is 8.21. The molecule has 4 heteroatoms. The molecule has 0 atom stereocenters. The fourth-order valence-corrected chi connectivity index (χ4v) is 2.98. The molecule has 0 aromatic heterocycles. The van der Waals surface area contributed by atoms with Crippen LogP contribution in [0.3, 0.4) is 0 Å². The molecule has 0 saturated carbocycles. The van der Waals surface area contributed by atoms with Gasteiger partial charge in [-0.05, 0) is 25.6 Å². The first-order valence-electron chi connectivity index (χ1n) is 3.27. The molecule has 56 valence electrons. The average Bonchev–Trinajstić information content (AvgIpc) is 1.89. The Labute approximate surface area is 63.1 Å². The van der Waals surface area contributed by atoms with E-state index in [-0.39, 0.29) is 8.91 Å². The van der Waals surface area contributed by atoms with E-state index in [1.165, 1.54) is 5.75 Å². The molecular weight excluding hydrogens is 150 g/mol. The van der Waals surface area contributed by atoms with Gasteiger partial charge >= 0.3 is 0 Å².